The van der Waals surface area contributed by atoms with Crippen LogP contribution < -0.4 is 10.1 Å². The average molecular weight is 343 g/mol. The molecule has 1 amide bonds. The first-order valence-corrected chi connectivity index (χ1v) is 7.45. The summed E-state index contributed by atoms with van der Waals surface area (Å²) in [7, 11) is 0. The molecule has 0 bridgehead atoms. The average Bonchev–Trinajstić information content (AvgIpc) is 2.59. The van der Waals surface area contributed by atoms with Crippen molar-refractivity contribution in [2.24, 2.45) is 0 Å². The first-order chi connectivity index (χ1) is 11.6. The summed E-state index contributed by atoms with van der Waals surface area (Å²) in [6.45, 7) is 0. The van der Waals surface area contributed by atoms with Crippen molar-refractivity contribution in [2.45, 2.75) is 0 Å². The van der Waals surface area contributed by atoms with Crippen LogP contribution in [0.5, 0.6) is 11.5 Å². The molecule has 0 aliphatic heterocycles. The number of pyridine rings is 1. The van der Waals surface area contributed by atoms with Gasteiger partial charge in [0.2, 0.25) is 0 Å². The molecule has 4 nitrogen and oxygen atoms in total. The molecular weight excluding hydrogens is 331 g/mol. The van der Waals surface area contributed by atoms with Gasteiger partial charge in [0.05, 0.1) is 0 Å². The second kappa shape index (κ2) is 7.10. The number of amides is 1. The van der Waals surface area contributed by atoms with E-state index in [1.807, 2.05) is 6.07 Å². The molecule has 0 unspecified atom stereocenters. The monoisotopic (exact) mass is 342 g/mol. The third-order valence-electron chi connectivity index (χ3n) is 3.14. The van der Waals surface area contributed by atoms with E-state index >= 15 is 0 Å². The van der Waals surface area contributed by atoms with Crippen molar-refractivity contribution < 1.29 is 13.9 Å². The SMILES string of the molecule is O=C(Nc1c(F)cccc1Oc1ccccc1)c1cc(Cl)ccn1. The molecule has 0 aliphatic rings. The molecule has 6 heteroatoms. The number of anilines is 1. The molecule has 0 aliphatic carbocycles. The lowest BCUT2D eigenvalue weighted by Crippen LogP contribution is -2.15. The first kappa shape index (κ1) is 16.0. The maximum atomic E-state index is 14.2. The van der Waals surface area contributed by atoms with Gasteiger partial charge in [-0.15, -0.1) is 0 Å². The lowest BCUT2D eigenvalue weighted by atomic mass is 10.2. The molecule has 1 aromatic heterocycles. The predicted octanol–water partition coefficient (Wildman–Crippen LogP) is 4.92. The summed E-state index contributed by atoms with van der Waals surface area (Å²) in [5.41, 5.74) is 0.0181. The Labute approximate surface area is 142 Å². The summed E-state index contributed by atoms with van der Waals surface area (Å²) in [4.78, 5) is 16.2. The van der Waals surface area contributed by atoms with E-state index in [0.717, 1.165) is 0 Å². The lowest BCUT2D eigenvalue weighted by molar-refractivity contribution is 0.102. The number of carbonyl (C=O) groups is 1. The van der Waals surface area contributed by atoms with Gasteiger partial charge in [0.1, 0.15) is 17.1 Å². The fourth-order valence-electron chi connectivity index (χ4n) is 2.03. The van der Waals surface area contributed by atoms with Gasteiger partial charge in [0, 0.05) is 11.2 Å². The Bertz CT molecular complexity index is 872. The Balaban J connectivity index is 1.88. The van der Waals surface area contributed by atoms with Crippen LogP contribution in [0.4, 0.5) is 10.1 Å². The molecule has 1 N–H and O–H groups in total. The summed E-state index contributed by atoms with van der Waals surface area (Å²) in [5.74, 6) is -0.477. The van der Waals surface area contributed by atoms with Crippen molar-refractivity contribution in [3.05, 3.63) is 83.4 Å². The predicted molar refractivity (Wildman–Crippen MR) is 90.1 cm³/mol. The Kier molecular flexibility index (Phi) is 4.72. The smallest absolute Gasteiger partial charge is 0.274 e. The van der Waals surface area contributed by atoms with Crippen molar-refractivity contribution in [1.29, 1.82) is 0 Å². The zero-order valence-electron chi connectivity index (χ0n) is 12.4. The number of halogens is 2. The Morgan fingerprint density at radius 1 is 1.08 bits per heavy atom. The van der Waals surface area contributed by atoms with Crippen LogP contribution in [0.25, 0.3) is 0 Å². The molecule has 3 aromatic rings. The number of carbonyl (C=O) groups excluding carboxylic acids is 1. The largest absolute Gasteiger partial charge is 0.455 e. The lowest BCUT2D eigenvalue weighted by Gasteiger charge is -2.13. The zero-order valence-corrected chi connectivity index (χ0v) is 13.1. The molecule has 3 rings (SSSR count). The van der Waals surface area contributed by atoms with Crippen molar-refractivity contribution in [1.82, 2.24) is 4.98 Å². The molecule has 120 valence electrons. The van der Waals surface area contributed by atoms with Gasteiger partial charge in [0.25, 0.3) is 5.91 Å². The third kappa shape index (κ3) is 3.70. The Morgan fingerprint density at radius 2 is 1.88 bits per heavy atom. The van der Waals surface area contributed by atoms with Crippen LogP contribution in [0, 0.1) is 5.82 Å². The summed E-state index contributed by atoms with van der Waals surface area (Å²) >= 11 is 5.84. The second-order valence-electron chi connectivity index (χ2n) is 4.84. The molecule has 0 atom stereocenters. The highest BCUT2D eigenvalue weighted by molar-refractivity contribution is 6.31. The number of para-hydroxylation sites is 2. The molecule has 0 spiro atoms. The van der Waals surface area contributed by atoms with E-state index in [1.165, 1.54) is 24.4 Å². The van der Waals surface area contributed by atoms with Crippen LogP contribution in [0.15, 0.2) is 66.9 Å². The highest BCUT2D eigenvalue weighted by Crippen LogP contribution is 2.32. The Hall–Kier alpha value is -2.92. The fraction of sp³-hybridized carbons (Fsp3) is 0. The summed E-state index contributed by atoms with van der Waals surface area (Å²) in [6.07, 6.45) is 1.40. The van der Waals surface area contributed by atoms with Gasteiger partial charge in [-0.25, -0.2) is 4.39 Å². The molecule has 24 heavy (non-hydrogen) atoms. The van der Waals surface area contributed by atoms with Crippen molar-refractivity contribution in [3.8, 4) is 11.5 Å². The summed E-state index contributed by atoms with van der Waals surface area (Å²) in [6, 6.07) is 16.1. The van der Waals surface area contributed by atoms with E-state index in [4.69, 9.17) is 16.3 Å². The quantitative estimate of drug-likeness (QED) is 0.732. The molecule has 0 saturated heterocycles. The van der Waals surface area contributed by atoms with E-state index in [-0.39, 0.29) is 17.1 Å². The minimum absolute atomic E-state index is 0.0619. The van der Waals surface area contributed by atoms with Gasteiger partial charge in [0.15, 0.2) is 11.6 Å². The molecule has 0 fully saturated rings. The topological polar surface area (TPSA) is 51.2 Å². The molecule has 1 heterocycles. The molecule has 0 saturated carbocycles. The van der Waals surface area contributed by atoms with Crippen LogP contribution in [0.2, 0.25) is 5.02 Å². The first-order valence-electron chi connectivity index (χ1n) is 7.08. The highest BCUT2D eigenvalue weighted by Gasteiger charge is 2.16. The highest BCUT2D eigenvalue weighted by atomic mass is 35.5. The minimum atomic E-state index is -0.612. The summed E-state index contributed by atoms with van der Waals surface area (Å²) < 4.78 is 19.8. The third-order valence-corrected chi connectivity index (χ3v) is 3.37. The Morgan fingerprint density at radius 3 is 2.62 bits per heavy atom. The van der Waals surface area contributed by atoms with Crippen molar-refractivity contribution >= 4 is 23.2 Å². The van der Waals surface area contributed by atoms with Crippen LogP contribution in [0.3, 0.4) is 0 Å². The minimum Gasteiger partial charge on any atom is -0.455 e. The number of benzene rings is 2. The fourth-order valence-corrected chi connectivity index (χ4v) is 2.19. The van der Waals surface area contributed by atoms with Gasteiger partial charge >= 0.3 is 0 Å². The zero-order chi connectivity index (χ0) is 16.9. The van der Waals surface area contributed by atoms with Crippen LogP contribution in [0.1, 0.15) is 10.5 Å². The van der Waals surface area contributed by atoms with Gasteiger partial charge in [-0.05, 0) is 36.4 Å². The maximum Gasteiger partial charge on any atom is 0.274 e. The van der Waals surface area contributed by atoms with Gasteiger partial charge in [-0.3, -0.25) is 9.78 Å². The van der Waals surface area contributed by atoms with E-state index in [1.54, 1.807) is 36.4 Å². The second-order valence-corrected chi connectivity index (χ2v) is 5.28. The van der Waals surface area contributed by atoms with Gasteiger partial charge in [-0.2, -0.15) is 0 Å². The van der Waals surface area contributed by atoms with E-state index in [0.29, 0.717) is 10.8 Å². The summed E-state index contributed by atoms with van der Waals surface area (Å²) in [5, 5.41) is 2.85. The van der Waals surface area contributed by atoms with Crippen molar-refractivity contribution in [2.75, 3.05) is 5.32 Å². The number of rotatable bonds is 4. The van der Waals surface area contributed by atoms with E-state index < -0.39 is 11.7 Å². The van der Waals surface area contributed by atoms with Crippen LogP contribution >= 0.6 is 11.6 Å². The molecular formula is C18H12ClFN2O2. The molecule has 0 radical (unpaired) electrons. The van der Waals surface area contributed by atoms with Crippen molar-refractivity contribution in [3.63, 3.8) is 0 Å². The standard InChI is InChI=1S/C18H12ClFN2O2/c19-12-9-10-21-15(11-12)18(23)22-17-14(20)7-4-8-16(17)24-13-5-2-1-3-6-13/h1-11H,(H,22,23). The van der Waals surface area contributed by atoms with Crippen LogP contribution in [-0.4, -0.2) is 10.9 Å². The van der Waals surface area contributed by atoms with Crippen LogP contribution in [-0.2, 0) is 0 Å². The normalized spacial score (nSPS) is 10.2. The van der Waals surface area contributed by atoms with E-state index in [9.17, 15) is 9.18 Å². The number of nitrogens with zero attached hydrogens (tertiary/aromatic N) is 1. The van der Waals surface area contributed by atoms with Gasteiger partial charge < -0.3 is 10.1 Å². The molecule has 2 aromatic carbocycles. The maximum absolute atomic E-state index is 14.2. The number of hydrogen-bond acceptors (Lipinski definition) is 3. The number of ether oxygens (including phenoxy) is 1. The number of aromatic nitrogens is 1. The van der Waals surface area contributed by atoms with Gasteiger partial charge in [-0.1, -0.05) is 35.9 Å². The number of hydrogen-bond donors (Lipinski definition) is 1. The van der Waals surface area contributed by atoms with E-state index in [2.05, 4.69) is 10.3 Å². The number of nitrogens with one attached hydrogen (secondary N) is 1.